The number of hydrogen-bond acceptors (Lipinski definition) is 4. The van der Waals surface area contributed by atoms with Crippen LogP contribution in [-0.4, -0.2) is 30.6 Å². The van der Waals surface area contributed by atoms with Gasteiger partial charge in [-0.15, -0.1) is 0 Å². The molecule has 2 aromatic heterocycles. The zero-order chi connectivity index (χ0) is 11.7. The lowest BCUT2D eigenvalue weighted by atomic mass is 10.4. The lowest BCUT2D eigenvalue weighted by molar-refractivity contribution is 0.573. The van der Waals surface area contributed by atoms with E-state index in [1.54, 1.807) is 11.0 Å². The van der Waals surface area contributed by atoms with Gasteiger partial charge < -0.3 is 5.32 Å². The van der Waals surface area contributed by atoms with Gasteiger partial charge in [-0.25, -0.2) is 9.67 Å². The van der Waals surface area contributed by atoms with E-state index >= 15 is 0 Å². The van der Waals surface area contributed by atoms with Crippen LogP contribution in [0.25, 0.3) is 0 Å². The Labute approximate surface area is 99.7 Å². The highest BCUT2D eigenvalue weighted by Crippen LogP contribution is 2.18. The smallest absolute Gasteiger partial charge is 0.141 e. The number of nitrogens with one attached hydrogen (secondary N) is 1. The summed E-state index contributed by atoms with van der Waals surface area (Å²) in [6.07, 6.45) is 6.12. The fraction of sp³-hybridized carbons (Fsp3) is 0.545. The molecule has 1 saturated carbocycles. The largest absolute Gasteiger partial charge is 0.307 e. The van der Waals surface area contributed by atoms with Crippen LogP contribution in [0.3, 0.4) is 0 Å². The standard InChI is InChI=1S/C11H16N6/c1-16-5-4-10(15-16)7-17-11(13-8-14-17)6-12-9-2-3-9/h4-5,8-9,12H,2-3,6-7H2,1H3. The van der Waals surface area contributed by atoms with Gasteiger partial charge in [0.15, 0.2) is 0 Å². The van der Waals surface area contributed by atoms with Crippen molar-refractivity contribution < 1.29 is 0 Å². The Morgan fingerprint density at radius 3 is 3.06 bits per heavy atom. The minimum Gasteiger partial charge on any atom is -0.307 e. The van der Waals surface area contributed by atoms with Crippen molar-refractivity contribution in [3.8, 4) is 0 Å². The van der Waals surface area contributed by atoms with Crippen LogP contribution in [0.4, 0.5) is 0 Å². The predicted octanol–water partition coefficient (Wildman–Crippen LogP) is 0.312. The summed E-state index contributed by atoms with van der Waals surface area (Å²) in [4.78, 5) is 4.27. The number of hydrogen-bond donors (Lipinski definition) is 1. The molecule has 0 aromatic carbocycles. The Morgan fingerprint density at radius 1 is 1.47 bits per heavy atom. The molecule has 0 aliphatic heterocycles. The Kier molecular flexibility index (Phi) is 2.64. The van der Waals surface area contributed by atoms with Crippen molar-refractivity contribution in [1.82, 2.24) is 29.9 Å². The summed E-state index contributed by atoms with van der Waals surface area (Å²) >= 11 is 0. The van der Waals surface area contributed by atoms with Gasteiger partial charge >= 0.3 is 0 Å². The first-order valence-electron chi connectivity index (χ1n) is 5.90. The van der Waals surface area contributed by atoms with Crippen LogP contribution in [0.15, 0.2) is 18.6 Å². The molecule has 6 heteroatoms. The van der Waals surface area contributed by atoms with Crippen molar-refractivity contribution in [2.24, 2.45) is 7.05 Å². The summed E-state index contributed by atoms with van der Waals surface area (Å²) in [6, 6.07) is 2.69. The molecular weight excluding hydrogens is 216 g/mol. The number of aromatic nitrogens is 5. The van der Waals surface area contributed by atoms with Gasteiger partial charge in [-0.1, -0.05) is 0 Å². The van der Waals surface area contributed by atoms with E-state index in [1.165, 1.54) is 12.8 Å². The van der Waals surface area contributed by atoms with Crippen molar-refractivity contribution >= 4 is 0 Å². The second kappa shape index (κ2) is 4.29. The molecule has 2 heterocycles. The Balaban J connectivity index is 1.67. The maximum Gasteiger partial charge on any atom is 0.141 e. The van der Waals surface area contributed by atoms with Crippen LogP contribution >= 0.6 is 0 Å². The van der Waals surface area contributed by atoms with Crippen molar-refractivity contribution in [3.63, 3.8) is 0 Å². The van der Waals surface area contributed by atoms with E-state index in [0.717, 1.165) is 18.1 Å². The first kappa shape index (κ1) is 10.5. The quantitative estimate of drug-likeness (QED) is 0.806. The first-order valence-corrected chi connectivity index (χ1v) is 5.90. The third-order valence-corrected chi connectivity index (χ3v) is 2.90. The molecule has 0 saturated heterocycles. The molecule has 90 valence electrons. The summed E-state index contributed by atoms with van der Waals surface area (Å²) in [5.41, 5.74) is 1.01. The highest BCUT2D eigenvalue weighted by molar-refractivity contribution is 5.00. The summed E-state index contributed by atoms with van der Waals surface area (Å²) in [6.45, 7) is 1.47. The van der Waals surface area contributed by atoms with Gasteiger partial charge in [0.25, 0.3) is 0 Å². The van der Waals surface area contributed by atoms with Crippen LogP contribution in [0.5, 0.6) is 0 Å². The van der Waals surface area contributed by atoms with Crippen LogP contribution < -0.4 is 5.32 Å². The summed E-state index contributed by atoms with van der Waals surface area (Å²) in [7, 11) is 1.92. The Bertz CT molecular complexity index is 496. The van der Waals surface area contributed by atoms with Gasteiger partial charge in [-0.05, 0) is 18.9 Å². The number of aryl methyl sites for hydroxylation is 1. The van der Waals surface area contributed by atoms with E-state index < -0.39 is 0 Å². The average molecular weight is 232 g/mol. The maximum absolute atomic E-state index is 4.34. The van der Waals surface area contributed by atoms with E-state index in [0.29, 0.717) is 12.6 Å². The van der Waals surface area contributed by atoms with Crippen LogP contribution in [0, 0.1) is 0 Å². The van der Waals surface area contributed by atoms with Crippen molar-refractivity contribution in [2.45, 2.75) is 32.0 Å². The van der Waals surface area contributed by atoms with Gasteiger partial charge in [0.05, 0.1) is 18.8 Å². The molecule has 1 aliphatic rings. The first-order chi connectivity index (χ1) is 8.31. The maximum atomic E-state index is 4.34. The average Bonchev–Trinajstić information content (AvgIpc) is 2.90. The minimum atomic E-state index is 0.683. The van der Waals surface area contributed by atoms with E-state index in [2.05, 4.69) is 20.5 Å². The molecule has 3 rings (SSSR count). The van der Waals surface area contributed by atoms with Crippen LogP contribution in [-0.2, 0) is 20.1 Å². The molecule has 6 nitrogen and oxygen atoms in total. The Morgan fingerprint density at radius 2 is 2.35 bits per heavy atom. The van der Waals surface area contributed by atoms with Gasteiger partial charge in [0.1, 0.15) is 12.2 Å². The molecular formula is C11H16N6. The highest BCUT2D eigenvalue weighted by Gasteiger charge is 2.21. The minimum absolute atomic E-state index is 0.683. The topological polar surface area (TPSA) is 60.6 Å². The second-order valence-corrected chi connectivity index (χ2v) is 4.47. The van der Waals surface area contributed by atoms with Crippen LogP contribution in [0.1, 0.15) is 24.4 Å². The molecule has 0 amide bonds. The molecule has 0 radical (unpaired) electrons. The van der Waals surface area contributed by atoms with Gasteiger partial charge in [-0.3, -0.25) is 4.68 Å². The fourth-order valence-corrected chi connectivity index (χ4v) is 1.78. The van der Waals surface area contributed by atoms with Crippen molar-refractivity contribution in [1.29, 1.82) is 0 Å². The lowest BCUT2D eigenvalue weighted by Gasteiger charge is -2.04. The monoisotopic (exact) mass is 232 g/mol. The molecule has 2 aromatic rings. The van der Waals surface area contributed by atoms with Crippen molar-refractivity contribution in [3.05, 3.63) is 30.1 Å². The second-order valence-electron chi connectivity index (χ2n) is 4.47. The van der Waals surface area contributed by atoms with Gasteiger partial charge in [-0.2, -0.15) is 10.2 Å². The zero-order valence-electron chi connectivity index (χ0n) is 9.87. The molecule has 1 fully saturated rings. The van der Waals surface area contributed by atoms with Crippen LogP contribution in [0.2, 0.25) is 0 Å². The molecule has 0 bridgehead atoms. The summed E-state index contributed by atoms with van der Waals surface area (Å²) in [5.74, 6) is 0.975. The molecule has 1 N–H and O–H groups in total. The fourth-order valence-electron chi connectivity index (χ4n) is 1.78. The third-order valence-electron chi connectivity index (χ3n) is 2.90. The van der Waals surface area contributed by atoms with E-state index in [-0.39, 0.29) is 0 Å². The Hall–Kier alpha value is -1.69. The highest BCUT2D eigenvalue weighted by atomic mass is 15.4. The lowest BCUT2D eigenvalue weighted by Crippen LogP contribution is -2.19. The zero-order valence-corrected chi connectivity index (χ0v) is 9.87. The predicted molar refractivity (Wildman–Crippen MR) is 62.2 cm³/mol. The SMILES string of the molecule is Cn1ccc(Cn2ncnc2CNC2CC2)n1. The number of nitrogens with zero attached hydrogens (tertiary/aromatic N) is 5. The van der Waals surface area contributed by atoms with Gasteiger partial charge in [0, 0.05) is 19.3 Å². The molecule has 0 unspecified atom stereocenters. The molecule has 0 spiro atoms. The molecule has 0 atom stereocenters. The molecule has 17 heavy (non-hydrogen) atoms. The summed E-state index contributed by atoms with van der Waals surface area (Å²) < 4.78 is 3.70. The third kappa shape index (κ3) is 2.52. The van der Waals surface area contributed by atoms with E-state index in [4.69, 9.17) is 0 Å². The summed E-state index contributed by atoms with van der Waals surface area (Å²) in [5, 5.41) is 12.0. The number of rotatable bonds is 5. The normalized spacial score (nSPS) is 15.4. The van der Waals surface area contributed by atoms with E-state index in [1.807, 2.05) is 24.0 Å². The van der Waals surface area contributed by atoms with Gasteiger partial charge in [0.2, 0.25) is 0 Å². The van der Waals surface area contributed by atoms with E-state index in [9.17, 15) is 0 Å². The molecule has 1 aliphatic carbocycles. The van der Waals surface area contributed by atoms with Crippen molar-refractivity contribution in [2.75, 3.05) is 0 Å².